The van der Waals surface area contributed by atoms with Crippen LogP contribution in [0.5, 0.6) is 0 Å². The van der Waals surface area contributed by atoms with E-state index in [-0.39, 0.29) is 11.3 Å². The molecule has 2 aliphatic rings. The fraction of sp³-hybridized carbons (Fsp3) is 0.700. The molecule has 0 unspecified atom stereocenters. The van der Waals surface area contributed by atoms with E-state index in [0.717, 1.165) is 36.7 Å². The first-order valence-electron chi connectivity index (χ1n) is 8.76. The van der Waals surface area contributed by atoms with Gasteiger partial charge < -0.3 is 5.11 Å². The Kier molecular flexibility index (Phi) is 5.17. The van der Waals surface area contributed by atoms with Crippen molar-refractivity contribution in [3.8, 4) is 0 Å². The Morgan fingerprint density at radius 2 is 2.04 bits per heavy atom. The van der Waals surface area contributed by atoms with Gasteiger partial charge in [-0.1, -0.05) is 38.8 Å². The second-order valence-corrected chi connectivity index (χ2v) is 8.38. The van der Waals surface area contributed by atoms with E-state index in [1.165, 1.54) is 25.3 Å². The Morgan fingerprint density at radius 1 is 1.35 bits per heavy atom. The molecule has 0 aromatic carbocycles. The molecule has 3 heteroatoms. The SMILES string of the molecule is C/C(=C/C(=O)O)CC[C@H]1C(C=O)=CC[C@H]2C(C)(C)CCC[C@]12C. The first-order valence-corrected chi connectivity index (χ1v) is 8.76. The Bertz CT molecular complexity index is 541. The Balaban J connectivity index is 2.26. The molecule has 1 saturated carbocycles. The highest BCUT2D eigenvalue weighted by Crippen LogP contribution is 2.60. The standard InChI is InChI=1S/C20H30O3/c1-14(12-18(22)23)6-8-16-15(13-21)7-9-17-19(2,3)10-5-11-20(16,17)4/h7,12-13,16-17H,5-6,8-11H2,1-4H3,(H,22,23)/b14-12-/t16-,17-,20+/m0/s1. The molecular formula is C20H30O3. The molecule has 0 amide bonds. The molecule has 23 heavy (non-hydrogen) atoms. The van der Waals surface area contributed by atoms with Gasteiger partial charge in [0.1, 0.15) is 6.29 Å². The summed E-state index contributed by atoms with van der Waals surface area (Å²) in [6, 6.07) is 0. The van der Waals surface area contributed by atoms with Gasteiger partial charge in [-0.05, 0) is 67.3 Å². The fourth-order valence-corrected chi connectivity index (χ4v) is 5.23. The van der Waals surface area contributed by atoms with E-state index in [1.54, 1.807) is 0 Å². The third kappa shape index (κ3) is 3.59. The summed E-state index contributed by atoms with van der Waals surface area (Å²) in [6.45, 7) is 8.95. The van der Waals surface area contributed by atoms with Gasteiger partial charge in [-0.3, -0.25) is 4.79 Å². The fourth-order valence-electron chi connectivity index (χ4n) is 5.23. The molecule has 3 nitrogen and oxygen atoms in total. The molecule has 0 heterocycles. The topological polar surface area (TPSA) is 54.4 Å². The predicted octanol–water partition coefficient (Wildman–Crippen LogP) is 4.78. The van der Waals surface area contributed by atoms with Crippen molar-refractivity contribution >= 4 is 12.3 Å². The Labute approximate surface area is 139 Å². The first-order chi connectivity index (χ1) is 10.7. The average Bonchev–Trinajstić information content (AvgIpc) is 2.43. The highest BCUT2D eigenvalue weighted by molar-refractivity contribution is 5.80. The molecule has 0 aliphatic heterocycles. The lowest BCUT2D eigenvalue weighted by Gasteiger charge is -2.56. The van der Waals surface area contributed by atoms with E-state index < -0.39 is 5.97 Å². The summed E-state index contributed by atoms with van der Waals surface area (Å²) in [5.74, 6) is -0.0446. The van der Waals surface area contributed by atoms with Gasteiger partial charge in [0.15, 0.2) is 0 Å². The maximum absolute atomic E-state index is 11.6. The monoisotopic (exact) mass is 318 g/mol. The molecule has 0 saturated heterocycles. The predicted molar refractivity (Wildman–Crippen MR) is 92.1 cm³/mol. The van der Waals surface area contributed by atoms with Crippen molar-refractivity contribution in [1.82, 2.24) is 0 Å². The van der Waals surface area contributed by atoms with Crippen molar-refractivity contribution in [1.29, 1.82) is 0 Å². The van der Waals surface area contributed by atoms with Crippen LogP contribution in [-0.4, -0.2) is 17.4 Å². The molecule has 0 bridgehead atoms. The Hall–Kier alpha value is -1.38. The van der Waals surface area contributed by atoms with E-state index in [4.69, 9.17) is 5.11 Å². The van der Waals surface area contributed by atoms with Crippen LogP contribution in [0.15, 0.2) is 23.3 Å². The lowest BCUT2D eigenvalue weighted by molar-refractivity contribution is -0.131. The molecule has 2 aliphatic carbocycles. The number of fused-ring (bicyclic) bond motifs is 1. The van der Waals surface area contributed by atoms with Gasteiger partial charge in [0, 0.05) is 6.08 Å². The van der Waals surface area contributed by atoms with E-state index in [0.29, 0.717) is 11.3 Å². The van der Waals surface area contributed by atoms with E-state index in [9.17, 15) is 9.59 Å². The molecule has 0 aromatic rings. The van der Waals surface area contributed by atoms with Gasteiger partial charge in [0.2, 0.25) is 0 Å². The summed E-state index contributed by atoms with van der Waals surface area (Å²) in [6.07, 6.45) is 10.7. The smallest absolute Gasteiger partial charge is 0.328 e. The van der Waals surface area contributed by atoms with Crippen LogP contribution in [0.2, 0.25) is 0 Å². The minimum atomic E-state index is -0.889. The molecular weight excluding hydrogens is 288 g/mol. The molecule has 128 valence electrons. The second kappa shape index (κ2) is 6.62. The minimum absolute atomic E-state index is 0.149. The number of allylic oxidation sites excluding steroid dienone is 3. The number of aliphatic carboxylic acids is 1. The van der Waals surface area contributed by atoms with Crippen LogP contribution in [0.25, 0.3) is 0 Å². The number of hydrogen-bond acceptors (Lipinski definition) is 2. The van der Waals surface area contributed by atoms with Gasteiger partial charge in [0.25, 0.3) is 0 Å². The summed E-state index contributed by atoms with van der Waals surface area (Å²) < 4.78 is 0. The summed E-state index contributed by atoms with van der Waals surface area (Å²) >= 11 is 0. The van der Waals surface area contributed by atoms with Crippen molar-refractivity contribution in [3.63, 3.8) is 0 Å². The number of carbonyl (C=O) groups excluding carboxylic acids is 1. The molecule has 0 aromatic heterocycles. The van der Waals surface area contributed by atoms with Crippen LogP contribution in [-0.2, 0) is 9.59 Å². The summed E-state index contributed by atoms with van der Waals surface area (Å²) in [4.78, 5) is 22.4. The number of hydrogen-bond donors (Lipinski definition) is 1. The van der Waals surface area contributed by atoms with Gasteiger partial charge >= 0.3 is 5.97 Å². The van der Waals surface area contributed by atoms with E-state index in [1.807, 2.05) is 6.92 Å². The summed E-state index contributed by atoms with van der Waals surface area (Å²) in [5, 5.41) is 8.88. The third-order valence-corrected chi connectivity index (χ3v) is 6.40. The zero-order valence-corrected chi connectivity index (χ0v) is 14.9. The average molecular weight is 318 g/mol. The van der Waals surface area contributed by atoms with Crippen LogP contribution < -0.4 is 0 Å². The molecule has 1 N–H and O–H groups in total. The van der Waals surface area contributed by atoms with Crippen LogP contribution in [0.4, 0.5) is 0 Å². The maximum Gasteiger partial charge on any atom is 0.328 e. The van der Waals surface area contributed by atoms with Crippen molar-refractivity contribution in [2.24, 2.45) is 22.7 Å². The van der Waals surface area contributed by atoms with E-state index >= 15 is 0 Å². The zero-order chi connectivity index (χ0) is 17.3. The molecule has 1 fully saturated rings. The summed E-state index contributed by atoms with van der Waals surface area (Å²) in [5.41, 5.74) is 2.27. The lowest BCUT2D eigenvalue weighted by Crippen LogP contribution is -2.48. The highest BCUT2D eigenvalue weighted by atomic mass is 16.4. The molecule has 2 rings (SSSR count). The quantitative estimate of drug-likeness (QED) is 0.586. The maximum atomic E-state index is 11.6. The lowest BCUT2D eigenvalue weighted by atomic mass is 9.48. The van der Waals surface area contributed by atoms with Crippen molar-refractivity contribution in [2.75, 3.05) is 0 Å². The first kappa shape index (κ1) is 18.0. The van der Waals surface area contributed by atoms with Crippen molar-refractivity contribution in [3.05, 3.63) is 23.3 Å². The van der Waals surface area contributed by atoms with Gasteiger partial charge in [-0.15, -0.1) is 0 Å². The largest absolute Gasteiger partial charge is 0.478 e. The zero-order valence-electron chi connectivity index (χ0n) is 14.9. The van der Waals surface area contributed by atoms with E-state index in [2.05, 4.69) is 26.8 Å². The molecule has 0 spiro atoms. The van der Waals surface area contributed by atoms with Gasteiger partial charge in [-0.2, -0.15) is 0 Å². The third-order valence-electron chi connectivity index (χ3n) is 6.40. The minimum Gasteiger partial charge on any atom is -0.478 e. The number of carboxylic acid groups (broad SMARTS) is 1. The van der Waals surface area contributed by atoms with Crippen molar-refractivity contribution in [2.45, 2.75) is 66.2 Å². The van der Waals surface area contributed by atoms with Crippen molar-refractivity contribution < 1.29 is 14.7 Å². The van der Waals surface area contributed by atoms with Gasteiger partial charge in [-0.25, -0.2) is 4.79 Å². The highest BCUT2D eigenvalue weighted by Gasteiger charge is 2.52. The molecule has 0 radical (unpaired) electrons. The normalized spacial score (nSPS) is 33.6. The van der Waals surface area contributed by atoms with Crippen LogP contribution in [0.1, 0.15) is 66.2 Å². The number of carbonyl (C=O) groups is 2. The second-order valence-electron chi connectivity index (χ2n) is 8.38. The van der Waals surface area contributed by atoms with Crippen LogP contribution in [0, 0.1) is 22.7 Å². The van der Waals surface area contributed by atoms with Crippen LogP contribution >= 0.6 is 0 Å². The Morgan fingerprint density at radius 3 is 2.65 bits per heavy atom. The van der Waals surface area contributed by atoms with Crippen LogP contribution in [0.3, 0.4) is 0 Å². The number of aldehydes is 1. The molecule has 3 atom stereocenters. The van der Waals surface area contributed by atoms with Gasteiger partial charge in [0.05, 0.1) is 0 Å². The number of carboxylic acids is 1. The summed E-state index contributed by atoms with van der Waals surface area (Å²) in [7, 11) is 0. The number of rotatable bonds is 5.